The Morgan fingerprint density at radius 2 is 1.67 bits per heavy atom. The maximum absolute atomic E-state index is 9.42. The van der Waals surface area contributed by atoms with Gasteiger partial charge < -0.3 is 14.7 Å². The molecule has 0 heterocycles. The Labute approximate surface area is 116 Å². The van der Waals surface area contributed by atoms with E-state index in [1.807, 2.05) is 13.8 Å². The number of hydrogen-bond acceptors (Lipinski definition) is 5. The topological polar surface area (TPSA) is 110 Å². The molecule has 0 amide bonds. The first-order chi connectivity index (χ1) is 4.42. The van der Waals surface area contributed by atoms with Gasteiger partial charge in [-0.2, -0.15) is 0 Å². The van der Waals surface area contributed by atoms with Crippen LogP contribution >= 0.6 is 16.1 Å². The Hall–Kier alpha value is 2.17. The minimum atomic E-state index is -5.07. The second kappa shape index (κ2) is 13.2. The molecular formula is C2H7Na2O6P2+. The van der Waals surface area contributed by atoms with Crippen LogP contribution in [-0.2, 0) is 13.4 Å². The van der Waals surface area contributed by atoms with Crippen LogP contribution in [0.1, 0.15) is 13.8 Å². The van der Waals surface area contributed by atoms with Gasteiger partial charge in [-0.25, -0.2) is 0 Å². The molecule has 2 unspecified atom stereocenters. The quantitative estimate of drug-likeness (QED) is 0.376. The fraction of sp³-hybridized carbons (Fsp3) is 1.00. The third-order valence-electron chi connectivity index (χ3n) is 0.170. The summed E-state index contributed by atoms with van der Waals surface area (Å²) in [4.78, 5) is 26.3. The minimum absolute atomic E-state index is 0. The predicted molar refractivity (Wildman–Crippen MR) is 29.9 cm³/mol. The van der Waals surface area contributed by atoms with E-state index in [1.165, 1.54) is 0 Å². The number of phosphoric acid groups is 1. The smallest absolute Gasteiger partial charge is 0.753 e. The normalized spacial score (nSPS) is 13.6. The Balaban J connectivity index is -0.0000000740. The zero-order chi connectivity index (χ0) is 8.78. The first-order valence-electron chi connectivity index (χ1n) is 2.30. The molecule has 0 aromatic rings. The van der Waals surface area contributed by atoms with Crippen molar-refractivity contribution in [2.45, 2.75) is 13.8 Å². The maximum Gasteiger partial charge on any atom is 1.00 e. The van der Waals surface area contributed by atoms with Gasteiger partial charge in [-0.15, -0.1) is 0 Å². The van der Waals surface area contributed by atoms with Crippen LogP contribution in [0.25, 0.3) is 0 Å². The summed E-state index contributed by atoms with van der Waals surface area (Å²) in [6, 6.07) is 0. The van der Waals surface area contributed by atoms with Gasteiger partial charge >= 0.3 is 75.2 Å². The van der Waals surface area contributed by atoms with E-state index in [9.17, 15) is 18.9 Å². The van der Waals surface area contributed by atoms with Gasteiger partial charge in [0.1, 0.15) is 0 Å². The average Bonchev–Trinajstić information content (AvgIpc) is 1.64. The van der Waals surface area contributed by atoms with Crippen molar-refractivity contribution < 1.29 is 87.2 Å². The van der Waals surface area contributed by atoms with Gasteiger partial charge in [0.25, 0.3) is 0 Å². The molecule has 62 valence electrons. The van der Waals surface area contributed by atoms with Crippen LogP contribution in [0, 0.1) is 0 Å². The van der Waals surface area contributed by atoms with Gasteiger partial charge in [-0.05, 0) is 4.57 Å². The van der Waals surface area contributed by atoms with Crippen molar-refractivity contribution in [1.82, 2.24) is 0 Å². The molecular weight excluding hydrogens is 228 g/mol. The van der Waals surface area contributed by atoms with Crippen LogP contribution in [-0.4, -0.2) is 4.89 Å². The van der Waals surface area contributed by atoms with Gasteiger partial charge in [0.05, 0.1) is 0 Å². The predicted octanol–water partition coefficient (Wildman–Crippen LogP) is -6.48. The van der Waals surface area contributed by atoms with Crippen LogP contribution in [0.4, 0.5) is 0 Å². The first-order valence-corrected chi connectivity index (χ1v) is 4.89. The molecule has 12 heavy (non-hydrogen) atoms. The van der Waals surface area contributed by atoms with Crippen molar-refractivity contribution in [1.29, 1.82) is 0 Å². The molecule has 0 aliphatic carbocycles. The van der Waals surface area contributed by atoms with Crippen molar-refractivity contribution in [3.8, 4) is 0 Å². The Morgan fingerprint density at radius 3 is 1.67 bits per heavy atom. The zero-order valence-electron chi connectivity index (χ0n) is 7.38. The van der Waals surface area contributed by atoms with E-state index in [2.05, 4.69) is 4.31 Å². The van der Waals surface area contributed by atoms with E-state index in [0.717, 1.165) is 0 Å². The average molecular weight is 235 g/mol. The van der Waals surface area contributed by atoms with Crippen LogP contribution < -0.4 is 68.9 Å². The van der Waals surface area contributed by atoms with E-state index in [0.29, 0.717) is 0 Å². The van der Waals surface area contributed by atoms with E-state index in [-0.39, 0.29) is 59.1 Å². The molecule has 0 saturated heterocycles. The van der Waals surface area contributed by atoms with Gasteiger partial charge in [-0.1, -0.05) is 18.2 Å². The van der Waals surface area contributed by atoms with Crippen LogP contribution in [0.5, 0.6) is 0 Å². The molecule has 0 saturated carbocycles. The maximum atomic E-state index is 9.42. The van der Waals surface area contributed by atoms with Crippen molar-refractivity contribution in [2.75, 3.05) is 0 Å². The van der Waals surface area contributed by atoms with Crippen LogP contribution in [0.15, 0.2) is 0 Å². The molecule has 0 aliphatic heterocycles. The standard InChI is InChI=1S/C2H6.2Na.H2O6P2/c1-2;;;1-7(2)6-8(3,4)5/h1-2H3;;;(H2,3,4,5)/q;2*+1;/p-1. The molecule has 0 bridgehead atoms. The molecule has 0 fully saturated rings. The van der Waals surface area contributed by atoms with Crippen molar-refractivity contribution >= 4 is 16.1 Å². The van der Waals surface area contributed by atoms with Crippen molar-refractivity contribution in [3.63, 3.8) is 0 Å². The van der Waals surface area contributed by atoms with Crippen LogP contribution in [0.3, 0.4) is 0 Å². The summed E-state index contributed by atoms with van der Waals surface area (Å²) in [5.74, 6) is 0. The third-order valence-corrected chi connectivity index (χ3v) is 1.53. The van der Waals surface area contributed by atoms with Crippen LogP contribution in [0.2, 0.25) is 0 Å². The second-order valence-corrected chi connectivity index (χ2v) is 2.81. The summed E-state index contributed by atoms with van der Waals surface area (Å²) in [5, 5.41) is 0. The minimum Gasteiger partial charge on any atom is -0.753 e. The Morgan fingerprint density at radius 1 is 1.42 bits per heavy atom. The van der Waals surface area contributed by atoms with Crippen molar-refractivity contribution in [3.05, 3.63) is 0 Å². The third kappa shape index (κ3) is 29.5. The zero-order valence-corrected chi connectivity index (χ0v) is 13.2. The first kappa shape index (κ1) is 23.8. The largest absolute Gasteiger partial charge is 1.00 e. The second-order valence-electron chi connectivity index (χ2n) is 0.774. The van der Waals surface area contributed by atoms with E-state index in [4.69, 9.17) is 4.89 Å². The molecule has 1 N–H and O–H groups in total. The van der Waals surface area contributed by atoms with E-state index < -0.39 is 16.1 Å². The summed E-state index contributed by atoms with van der Waals surface area (Å²) in [5.41, 5.74) is 0. The molecule has 2 atom stereocenters. The van der Waals surface area contributed by atoms with Gasteiger partial charge in [0, 0.05) is 0 Å². The number of hydrogen-bond donors (Lipinski definition) is 1. The summed E-state index contributed by atoms with van der Waals surface area (Å²) in [6.07, 6.45) is 0. The SMILES string of the molecule is CC.O=[P+]([O-])OP(=O)([O-])O.[Na+].[Na+]. The molecule has 0 aliphatic rings. The van der Waals surface area contributed by atoms with Gasteiger partial charge in [-0.3, -0.25) is 4.57 Å². The summed E-state index contributed by atoms with van der Waals surface area (Å²) in [6.45, 7) is 4.00. The van der Waals surface area contributed by atoms with E-state index >= 15 is 0 Å². The molecule has 0 aromatic carbocycles. The molecule has 10 heteroatoms. The van der Waals surface area contributed by atoms with Gasteiger partial charge in [0.2, 0.25) is 0 Å². The molecule has 0 rings (SSSR count). The number of rotatable bonds is 2. The molecule has 0 radical (unpaired) electrons. The molecule has 0 spiro atoms. The fourth-order valence-electron chi connectivity index (χ4n) is 0.0842. The summed E-state index contributed by atoms with van der Waals surface area (Å²) >= 11 is 0. The Bertz CT molecular complexity index is 144. The summed E-state index contributed by atoms with van der Waals surface area (Å²) in [7, 11) is -8.58. The van der Waals surface area contributed by atoms with Crippen molar-refractivity contribution in [2.24, 2.45) is 0 Å². The van der Waals surface area contributed by atoms with Gasteiger partial charge in [0.15, 0.2) is 0 Å². The van der Waals surface area contributed by atoms with E-state index in [1.54, 1.807) is 0 Å². The molecule has 0 aromatic heterocycles. The fourth-order valence-corrected chi connectivity index (χ4v) is 0.758. The molecule has 6 nitrogen and oxygen atoms in total. The Kier molecular flexibility index (Phi) is 26.1. The monoisotopic (exact) mass is 235 g/mol. The summed E-state index contributed by atoms with van der Waals surface area (Å²) < 4.78 is 21.7.